The van der Waals surface area contributed by atoms with Crippen LogP contribution in [0.4, 0.5) is 0 Å². The van der Waals surface area contributed by atoms with Gasteiger partial charge in [-0.1, -0.05) is 56.3 Å². The van der Waals surface area contributed by atoms with Gasteiger partial charge in [-0.05, 0) is 48.4 Å². The Labute approximate surface area is 213 Å². The highest BCUT2D eigenvalue weighted by molar-refractivity contribution is 5.89. The highest BCUT2D eigenvalue weighted by Gasteiger charge is 2.32. The van der Waals surface area contributed by atoms with Gasteiger partial charge in [0.25, 0.3) is 0 Å². The molecule has 1 saturated heterocycles. The van der Waals surface area contributed by atoms with E-state index in [0.29, 0.717) is 38.9 Å². The monoisotopic (exact) mass is 494 g/mol. The summed E-state index contributed by atoms with van der Waals surface area (Å²) >= 11 is 0. The highest BCUT2D eigenvalue weighted by atomic mass is 16.5. The summed E-state index contributed by atoms with van der Waals surface area (Å²) < 4.78 is 5.16. The molecule has 2 aromatic carbocycles. The number of amides is 3. The van der Waals surface area contributed by atoms with E-state index in [0.717, 1.165) is 16.9 Å². The molecule has 0 unspecified atom stereocenters. The molecule has 194 valence electrons. The number of ether oxygens (including phenoxy) is 1. The lowest BCUT2D eigenvalue weighted by Crippen LogP contribution is -2.53. The van der Waals surface area contributed by atoms with E-state index in [1.165, 1.54) is 0 Å². The molecule has 0 spiro atoms. The van der Waals surface area contributed by atoms with Crippen LogP contribution in [0.15, 0.2) is 54.6 Å². The van der Waals surface area contributed by atoms with Crippen molar-refractivity contribution in [2.75, 3.05) is 20.2 Å². The van der Waals surface area contributed by atoms with Crippen molar-refractivity contribution in [1.82, 2.24) is 15.5 Å². The number of hydrogen-bond acceptors (Lipinski definition) is 5. The average Bonchev–Trinajstić information content (AvgIpc) is 2.90. The molecule has 8 heteroatoms. The van der Waals surface area contributed by atoms with Crippen molar-refractivity contribution in [1.29, 1.82) is 0 Å². The molecule has 4 N–H and O–H groups in total. The van der Waals surface area contributed by atoms with E-state index < -0.39 is 12.1 Å². The van der Waals surface area contributed by atoms with Gasteiger partial charge < -0.3 is 26.0 Å². The fourth-order valence-corrected chi connectivity index (χ4v) is 4.40. The Kier molecular flexibility index (Phi) is 9.87. The third-order valence-electron chi connectivity index (χ3n) is 6.67. The highest BCUT2D eigenvalue weighted by Crippen LogP contribution is 2.19. The number of likely N-dealkylation sites (tertiary alicyclic amines) is 1. The third-order valence-corrected chi connectivity index (χ3v) is 6.67. The van der Waals surface area contributed by atoms with Crippen LogP contribution in [0.2, 0.25) is 0 Å². The predicted octanol–water partition coefficient (Wildman–Crippen LogP) is 2.26. The van der Waals surface area contributed by atoms with Gasteiger partial charge in [-0.3, -0.25) is 14.4 Å². The zero-order chi connectivity index (χ0) is 26.1. The van der Waals surface area contributed by atoms with Gasteiger partial charge in [-0.25, -0.2) is 0 Å². The molecule has 1 fully saturated rings. The zero-order valence-electron chi connectivity index (χ0n) is 21.4. The second-order valence-electron chi connectivity index (χ2n) is 9.69. The van der Waals surface area contributed by atoms with Gasteiger partial charge in [-0.15, -0.1) is 0 Å². The van der Waals surface area contributed by atoms with Crippen molar-refractivity contribution in [3.8, 4) is 5.75 Å². The van der Waals surface area contributed by atoms with Crippen molar-refractivity contribution in [3.63, 3.8) is 0 Å². The van der Waals surface area contributed by atoms with Gasteiger partial charge in [0, 0.05) is 25.6 Å². The smallest absolute Gasteiger partial charge is 0.243 e. The molecule has 2 aromatic rings. The second-order valence-corrected chi connectivity index (χ2v) is 9.69. The quantitative estimate of drug-likeness (QED) is 0.469. The van der Waals surface area contributed by atoms with Crippen LogP contribution in [0, 0.1) is 11.8 Å². The number of methoxy groups -OCH3 is 1. The minimum atomic E-state index is -0.630. The average molecular weight is 495 g/mol. The molecule has 3 amide bonds. The first kappa shape index (κ1) is 27.2. The van der Waals surface area contributed by atoms with Crippen LogP contribution >= 0.6 is 0 Å². The summed E-state index contributed by atoms with van der Waals surface area (Å²) in [5.74, 6) is -0.000784. The molecule has 2 atom stereocenters. The van der Waals surface area contributed by atoms with Gasteiger partial charge in [0.2, 0.25) is 17.7 Å². The maximum Gasteiger partial charge on any atom is 0.243 e. The largest absolute Gasteiger partial charge is 0.497 e. The van der Waals surface area contributed by atoms with Crippen LogP contribution in [0.25, 0.3) is 0 Å². The molecule has 1 aliphatic rings. The first-order chi connectivity index (χ1) is 17.3. The Hall–Kier alpha value is -3.39. The van der Waals surface area contributed by atoms with Crippen molar-refractivity contribution in [3.05, 3.63) is 65.7 Å². The Bertz CT molecular complexity index is 1000. The fourth-order valence-electron chi connectivity index (χ4n) is 4.40. The molecule has 0 saturated carbocycles. The minimum Gasteiger partial charge on any atom is -0.497 e. The van der Waals surface area contributed by atoms with Gasteiger partial charge >= 0.3 is 0 Å². The SMILES string of the molecule is COc1ccc(CNC(=O)[C@@H](NC(=O)C2CCN(C(=O)[C@@H](N)Cc3ccccc3)CC2)C(C)C)cc1. The first-order valence-corrected chi connectivity index (χ1v) is 12.6. The van der Waals surface area contributed by atoms with Crippen molar-refractivity contribution < 1.29 is 19.1 Å². The van der Waals surface area contributed by atoms with Crippen molar-refractivity contribution >= 4 is 17.7 Å². The molecule has 8 nitrogen and oxygen atoms in total. The maximum absolute atomic E-state index is 13.0. The first-order valence-electron chi connectivity index (χ1n) is 12.6. The fraction of sp³-hybridized carbons (Fsp3) is 0.464. The molecule has 0 radical (unpaired) electrons. The Morgan fingerprint density at radius 2 is 1.64 bits per heavy atom. The minimum absolute atomic E-state index is 0.0672. The summed E-state index contributed by atoms with van der Waals surface area (Å²) in [7, 11) is 1.61. The van der Waals surface area contributed by atoms with Crippen molar-refractivity contribution in [2.24, 2.45) is 17.6 Å². The van der Waals surface area contributed by atoms with Crippen LogP contribution in [-0.2, 0) is 27.3 Å². The van der Waals surface area contributed by atoms with E-state index in [4.69, 9.17) is 10.5 Å². The van der Waals surface area contributed by atoms with Crippen LogP contribution < -0.4 is 21.1 Å². The lowest BCUT2D eigenvalue weighted by molar-refractivity contribution is -0.137. The van der Waals surface area contributed by atoms with E-state index in [-0.39, 0.29) is 29.6 Å². The Morgan fingerprint density at radius 1 is 1.00 bits per heavy atom. The number of carbonyl (C=O) groups is 3. The zero-order valence-corrected chi connectivity index (χ0v) is 21.4. The lowest BCUT2D eigenvalue weighted by Gasteiger charge is -2.34. The topological polar surface area (TPSA) is 114 Å². The molecular weight excluding hydrogens is 456 g/mol. The molecule has 1 aliphatic heterocycles. The van der Waals surface area contributed by atoms with E-state index >= 15 is 0 Å². The number of benzene rings is 2. The summed E-state index contributed by atoms with van der Waals surface area (Å²) in [5.41, 5.74) is 8.14. The lowest BCUT2D eigenvalue weighted by atomic mass is 9.93. The van der Waals surface area contributed by atoms with E-state index in [1.54, 1.807) is 12.0 Å². The molecule has 1 heterocycles. The van der Waals surface area contributed by atoms with Crippen LogP contribution in [0.3, 0.4) is 0 Å². The Balaban J connectivity index is 1.47. The van der Waals surface area contributed by atoms with E-state index in [1.807, 2.05) is 68.4 Å². The third kappa shape index (κ3) is 7.55. The van der Waals surface area contributed by atoms with Crippen LogP contribution in [-0.4, -0.2) is 54.9 Å². The molecule has 36 heavy (non-hydrogen) atoms. The van der Waals surface area contributed by atoms with Crippen LogP contribution in [0.1, 0.15) is 37.8 Å². The number of carbonyl (C=O) groups excluding carboxylic acids is 3. The normalized spacial score (nSPS) is 15.8. The van der Waals surface area contributed by atoms with Gasteiger partial charge in [0.1, 0.15) is 11.8 Å². The van der Waals surface area contributed by atoms with Gasteiger partial charge in [0.05, 0.1) is 13.2 Å². The summed E-state index contributed by atoms with van der Waals surface area (Å²) in [6.45, 7) is 5.15. The molecular formula is C28H38N4O4. The number of nitrogens with one attached hydrogen (secondary N) is 2. The van der Waals surface area contributed by atoms with Crippen molar-refractivity contribution in [2.45, 2.75) is 51.7 Å². The summed E-state index contributed by atoms with van der Waals surface area (Å²) in [6.07, 6.45) is 1.59. The standard InChI is InChI=1S/C28H38N4O4/c1-19(2)25(27(34)30-18-21-9-11-23(36-3)12-10-21)31-26(33)22-13-15-32(16-14-22)28(35)24(29)17-20-7-5-4-6-8-20/h4-12,19,22,24-25H,13-18,29H2,1-3H3,(H,30,34)(H,31,33)/t24-,25-/m0/s1. The predicted molar refractivity (Wildman–Crippen MR) is 139 cm³/mol. The summed E-state index contributed by atoms with van der Waals surface area (Å²) in [6, 6.07) is 16.0. The summed E-state index contributed by atoms with van der Waals surface area (Å²) in [4.78, 5) is 40.4. The van der Waals surface area contributed by atoms with Gasteiger partial charge in [0.15, 0.2) is 0 Å². The van der Waals surface area contributed by atoms with E-state index in [2.05, 4.69) is 10.6 Å². The molecule has 0 aliphatic carbocycles. The number of hydrogen-bond donors (Lipinski definition) is 3. The number of nitrogens with two attached hydrogens (primary N) is 1. The Morgan fingerprint density at radius 3 is 2.22 bits per heavy atom. The molecule has 0 aromatic heterocycles. The maximum atomic E-state index is 13.0. The van der Waals surface area contributed by atoms with Crippen LogP contribution in [0.5, 0.6) is 5.75 Å². The summed E-state index contributed by atoms with van der Waals surface area (Å²) in [5, 5.41) is 5.86. The van der Waals surface area contributed by atoms with E-state index in [9.17, 15) is 14.4 Å². The number of nitrogens with zero attached hydrogens (tertiary/aromatic N) is 1. The second kappa shape index (κ2) is 13.1. The number of piperidine rings is 1. The molecule has 0 bridgehead atoms. The molecule has 3 rings (SSSR count). The number of rotatable bonds is 10. The van der Waals surface area contributed by atoms with Gasteiger partial charge in [-0.2, -0.15) is 0 Å².